The maximum Gasteiger partial charge on any atom is 0.219 e. The summed E-state index contributed by atoms with van der Waals surface area (Å²) >= 11 is 0. The molecule has 3 nitrogen and oxygen atoms in total. The molecule has 0 aliphatic carbocycles. The molecular formula is C11H21NO2. The summed E-state index contributed by atoms with van der Waals surface area (Å²) in [6, 6.07) is 0. The van der Waals surface area contributed by atoms with E-state index in [1.807, 2.05) is 4.90 Å². The van der Waals surface area contributed by atoms with E-state index in [0.717, 1.165) is 25.9 Å². The number of rotatable bonds is 3. The first-order valence-electron chi connectivity index (χ1n) is 5.44. The topological polar surface area (TPSA) is 40.5 Å². The summed E-state index contributed by atoms with van der Waals surface area (Å²) in [7, 11) is 0. The van der Waals surface area contributed by atoms with Gasteiger partial charge in [-0.2, -0.15) is 0 Å². The minimum absolute atomic E-state index is 0.129. The van der Waals surface area contributed by atoms with Gasteiger partial charge in [-0.25, -0.2) is 0 Å². The van der Waals surface area contributed by atoms with Gasteiger partial charge in [-0.15, -0.1) is 0 Å². The van der Waals surface area contributed by atoms with E-state index >= 15 is 0 Å². The molecule has 3 heteroatoms. The Morgan fingerprint density at radius 2 is 2.21 bits per heavy atom. The van der Waals surface area contributed by atoms with E-state index in [0.29, 0.717) is 11.8 Å². The Labute approximate surface area is 86.1 Å². The van der Waals surface area contributed by atoms with Crippen LogP contribution in [0.4, 0.5) is 0 Å². The van der Waals surface area contributed by atoms with Crippen molar-refractivity contribution >= 4 is 5.91 Å². The zero-order valence-electron chi connectivity index (χ0n) is 9.36. The number of carbonyl (C=O) groups is 1. The van der Waals surface area contributed by atoms with Crippen molar-refractivity contribution in [2.75, 3.05) is 13.1 Å². The van der Waals surface area contributed by atoms with Crippen LogP contribution < -0.4 is 0 Å². The number of likely N-dealkylation sites (tertiary alicyclic amines) is 1. The fourth-order valence-corrected chi connectivity index (χ4v) is 2.06. The van der Waals surface area contributed by atoms with Crippen molar-refractivity contribution in [3.8, 4) is 0 Å². The summed E-state index contributed by atoms with van der Waals surface area (Å²) in [5.41, 5.74) is 0. The third-order valence-corrected chi connectivity index (χ3v) is 2.93. The Morgan fingerprint density at radius 3 is 2.64 bits per heavy atom. The van der Waals surface area contributed by atoms with Gasteiger partial charge in [0.2, 0.25) is 5.91 Å². The van der Waals surface area contributed by atoms with Gasteiger partial charge in [0.15, 0.2) is 0 Å². The highest BCUT2D eigenvalue weighted by Gasteiger charge is 2.29. The third kappa shape index (κ3) is 2.98. The lowest BCUT2D eigenvalue weighted by Crippen LogP contribution is -2.29. The Bertz CT molecular complexity index is 203. The van der Waals surface area contributed by atoms with E-state index in [1.54, 1.807) is 6.92 Å². The van der Waals surface area contributed by atoms with E-state index in [9.17, 15) is 9.90 Å². The van der Waals surface area contributed by atoms with Crippen LogP contribution in [0.1, 0.15) is 33.6 Å². The van der Waals surface area contributed by atoms with Crippen molar-refractivity contribution in [3.05, 3.63) is 0 Å². The van der Waals surface area contributed by atoms with Crippen LogP contribution in [-0.4, -0.2) is 35.1 Å². The number of nitrogens with zero attached hydrogens (tertiary/aromatic N) is 1. The standard InChI is InChI=1S/C11H21NO2/c1-8(2)6-11(14)10-4-5-12(7-10)9(3)13/h8,10-11,14H,4-7H2,1-3H3. The first-order chi connectivity index (χ1) is 6.50. The fraction of sp³-hybridized carbons (Fsp3) is 0.909. The quantitative estimate of drug-likeness (QED) is 0.743. The maximum absolute atomic E-state index is 11.1. The van der Waals surface area contributed by atoms with Gasteiger partial charge in [0.05, 0.1) is 6.10 Å². The molecular weight excluding hydrogens is 178 g/mol. The lowest BCUT2D eigenvalue weighted by atomic mass is 9.94. The monoisotopic (exact) mass is 199 g/mol. The first-order valence-corrected chi connectivity index (χ1v) is 5.44. The zero-order chi connectivity index (χ0) is 10.7. The summed E-state index contributed by atoms with van der Waals surface area (Å²) in [4.78, 5) is 12.9. The highest BCUT2D eigenvalue weighted by molar-refractivity contribution is 5.73. The summed E-state index contributed by atoms with van der Waals surface area (Å²) in [5.74, 6) is 0.946. The van der Waals surface area contributed by atoms with Crippen molar-refractivity contribution in [2.45, 2.75) is 39.7 Å². The molecule has 0 aromatic carbocycles. The fourth-order valence-electron chi connectivity index (χ4n) is 2.06. The van der Waals surface area contributed by atoms with Gasteiger partial charge in [-0.1, -0.05) is 13.8 Å². The van der Waals surface area contributed by atoms with Gasteiger partial charge in [0.25, 0.3) is 0 Å². The number of hydrogen-bond acceptors (Lipinski definition) is 2. The van der Waals surface area contributed by atoms with Crippen LogP contribution in [0.5, 0.6) is 0 Å². The molecule has 1 fully saturated rings. The Hall–Kier alpha value is -0.570. The van der Waals surface area contributed by atoms with Crippen LogP contribution >= 0.6 is 0 Å². The van der Waals surface area contributed by atoms with Gasteiger partial charge in [-0.05, 0) is 18.8 Å². The second-order valence-corrected chi connectivity index (χ2v) is 4.71. The molecule has 1 rings (SSSR count). The predicted octanol–water partition coefficient (Wildman–Crippen LogP) is 1.26. The van der Waals surface area contributed by atoms with E-state index in [4.69, 9.17) is 0 Å². The SMILES string of the molecule is CC(=O)N1CCC(C(O)CC(C)C)C1. The minimum atomic E-state index is -0.237. The molecule has 0 aromatic rings. The normalized spacial score (nSPS) is 24.4. The molecule has 1 amide bonds. The van der Waals surface area contributed by atoms with Crippen molar-refractivity contribution in [1.82, 2.24) is 4.90 Å². The van der Waals surface area contributed by atoms with Crippen LogP contribution in [0, 0.1) is 11.8 Å². The number of amides is 1. The summed E-state index contributed by atoms with van der Waals surface area (Å²) in [5, 5.41) is 9.88. The van der Waals surface area contributed by atoms with E-state index < -0.39 is 0 Å². The second-order valence-electron chi connectivity index (χ2n) is 4.71. The molecule has 1 N–H and O–H groups in total. The Morgan fingerprint density at radius 1 is 1.57 bits per heavy atom. The van der Waals surface area contributed by atoms with Gasteiger partial charge < -0.3 is 10.0 Å². The molecule has 0 bridgehead atoms. The number of hydrogen-bond donors (Lipinski definition) is 1. The van der Waals surface area contributed by atoms with Crippen molar-refractivity contribution in [1.29, 1.82) is 0 Å². The van der Waals surface area contributed by atoms with Crippen molar-refractivity contribution in [2.24, 2.45) is 11.8 Å². The third-order valence-electron chi connectivity index (χ3n) is 2.93. The van der Waals surface area contributed by atoms with Crippen LogP contribution in [-0.2, 0) is 4.79 Å². The van der Waals surface area contributed by atoms with Gasteiger partial charge in [-0.3, -0.25) is 4.79 Å². The van der Waals surface area contributed by atoms with Crippen molar-refractivity contribution in [3.63, 3.8) is 0 Å². The summed E-state index contributed by atoms with van der Waals surface area (Å²) < 4.78 is 0. The lowest BCUT2D eigenvalue weighted by molar-refractivity contribution is -0.128. The lowest BCUT2D eigenvalue weighted by Gasteiger charge is -2.20. The minimum Gasteiger partial charge on any atom is -0.393 e. The molecule has 1 saturated heterocycles. The van der Waals surface area contributed by atoms with E-state index in [-0.39, 0.29) is 12.0 Å². The number of aliphatic hydroxyl groups is 1. The molecule has 2 atom stereocenters. The smallest absolute Gasteiger partial charge is 0.219 e. The van der Waals surface area contributed by atoms with Crippen LogP contribution in [0.15, 0.2) is 0 Å². The molecule has 2 unspecified atom stereocenters. The Kier molecular flexibility index (Phi) is 3.93. The number of aliphatic hydroxyl groups excluding tert-OH is 1. The van der Waals surface area contributed by atoms with Gasteiger partial charge in [0, 0.05) is 25.9 Å². The molecule has 14 heavy (non-hydrogen) atoms. The second kappa shape index (κ2) is 4.78. The van der Waals surface area contributed by atoms with E-state index in [1.165, 1.54) is 0 Å². The van der Waals surface area contributed by atoms with Crippen LogP contribution in [0.2, 0.25) is 0 Å². The zero-order valence-corrected chi connectivity index (χ0v) is 9.36. The molecule has 82 valence electrons. The average molecular weight is 199 g/mol. The molecule has 1 aliphatic rings. The molecule has 1 heterocycles. The van der Waals surface area contributed by atoms with Gasteiger partial charge >= 0.3 is 0 Å². The number of carbonyl (C=O) groups excluding carboxylic acids is 1. The molecule has 0 radical (unpaired) electrons. The molecule has 0 saturated carbocycles. The van der Waals surface area contributed by atoms with Crippen LogP contribution in [0.25, 0.3) is 0 Å². The van der Waals surface area contributed by atoms with Gasteiger partial charge in [0.1, 0.15) is 0 Å². The highest BCUT2D eigenvalue weighted by Crippen LogP contribution is 2.23. The average Bonchev–Trinajstić information content (AvgIpc) is 2.50. The maximum atomic E-state index is 11.1. The molecule has 1 aliphatic heterocycles. The predicted molar refractivity (Wildman–Crippen MR) is 55.8 cm³/mol. The van der Waals surface area contributed by atoms with Crippen LogP contribution in [0.3, 0.4) is 0 Å². The Balaban J connectivity index is 2.37. The molecule has 0 spiro atoms. The van der Waals surface area contributed by atoms with E-state index in [2.05, 4.69) is 13.8 Å². The largest absolute Gasteiger partial charge is 0.393 e. The highest BCUT2D eigenvalue weighted by atomic mass is 16.3. The molecule has 0 aromatic heterocycles. The first kappa shape index (κ1) is 11.5. The summed E-state index contributed by atoms with van der Waals surface area (Å²) in [6.45, 7) is 7.37. The summed E-state index contributed by atoms with van der Waals surface area (Å²) in [6.07, 6.45) is 1.56. The van der Waals surface area contributed by atoms with Crippen molar-refractivity contribution < 1.29 is 9.90 Å².